The second kappa shape index (κ2) is 8.39. The Labute approximate surface area is 153 Å². The highest BCUT2D eigenvalue weighted by molar-refractivity contribution is 5.88. The first-order valence-corrected chi connectivity index (χ1v) is 8.35. The van der Waals surface area contributed by atoms with Gasteiger partial charge in [-0.15, -0.1) is 5.10 Å². The lowest BCUT2D eigenvalue weighted by Gasteiger charge is -2.24. The molecule has 0 saturated carbocycles. The number of benzene rings is 1. The molecule has 0 radical (unpaired) electrons. The monoisotopic (exact) mass is 376 g/mol. The van der Waals surface area contributed by atoms with Crippen molar-refractivity contribution in [1.82, 2.24) is 20.3 Å². The number of aliphatic carboxylic acids is 2. The van der Waals surface area contributed by atoms with Crippen LogP contribution < -0.4 is 10.9 Å². The Morgan fingerprint density at radius 3 is 2.48 bits per heavy atom. The van der Waals surface area contributed by atoms with E-state index in [1.54, 1.807) is 38.1 Å². The third-order valence-electron chi connectivity index (χ3n) is 4.30. The van der Waals surface area contributed by atoms with E-state index in [1.165, 1.54) is 0 Å². The second-order valence-corrected chi connectivity index (χ2v) is 6.18. The van der Waals surface area contributed by atoms with Gasteiger partial charge in [0.1, 0.15) is 17.6 Å². The highest BCUT2D eigenvalue weighted by Crippen LogP contribution is 2.20. The minimum atomic E-state index is -1.62. The van der Waals surface area contributed by atoms with Crippen LogP contribution in [0.2, 0.25) is 0 Å². The summed E-state index contributed by atoms with van der Waals surface area (Å²) in [6.45, 7) is 3.51. The molecule has 144 valence electrons. The van der Waals surface area contributed by atoms with Crippen LogP contribution in [-0.2, 0) is 14.4 Å². The molecule has 1 amide bonds. The first-order chi connectivity index (χ1) is 12.8. The Kier molecular flexibility index (Phi) is 6.22. The number of hydrogen-bond donors (Lipinski definition) is 3. The quantitative estimate of drug-likeness (QED) is 0.599. The van der Waals surface area contributed by atoms with Gasteiger partial charge in [0, 0.05) is 0 Å². The molecule has 0 aliphatic rings. The zero-order valence-electron chi connectivity index (χ0n) is 14.8. The molecule has 0 bridgehead atoms. The molecule has 1 heterocycles. The van der Waals surface area contributed by atoms with E-state index in [-0.39, 0.29) is 11.3 Å². The van der Waals surface area contributed by atoms with E-state index in [0.717, 1.165) is 4.68 Å². The van der Waals surface area contributed by atoms with Gasteiger partial charge in [-0.25, -0.2) is 4.79 Å². The van der Waals surface area contributed by atoms with Crippen LogP contribution in [0.15, 0.2) is 29.1 Å². The van der Waals surface area contributed by atoms with Gasteiger partial charge in [0.25, 0.3) is 5.56 Å². The molecule has 10 heteroatoms. The smallest absolute Gasteiger partial charge is 0.326 e. The molecule has 0 fully saturated rings. The summed E-state index contributed by atoms with van der Waals surface area (Å²) in [6.07, 6.45) is -0.289. The molecule has 3 N–H and O–H groups in total. The van der Waals surface area contributed by atoms with Crippen molar-refractivity contribution in [3.8, 4) is 0 Å². The zero-order valence-corrected chi connectivity index (χ0v) is 14.8. The van der Waals surface area contributed by atoms with E-state index in [0.29, 0.717) is 11.9 Å². The molecular weight excluding hydrogens is 356 g/mol. The SMILES string of the molecule is CC[C@H](C)[C@@H](C(=O)N[C@@H](CC(=O)O)C(=O)O)n1nnc2ccccc2c1=O. The van der Waals surface area contributed by atoms with Crippen molar-refractivity contribution in [1.29, 1.82) is 0 Å². The van der Waals surface area contributed by atoms with Crippen molar-refractivity contribution in [2.45, 2.75) is 38.8 Å². The fourth-order valence-corrected chi connectivity index (χ4v) is 2.65. The molecule has 1 aromatic heterocycles. The summed E-state index contributed by atoms with van der Waals surface area (Å²) in [5.74, 6) is -4.03. The largest absolute Gasteiger partial charge is 0.481 e. The molecule has 2 rings (SSSR count). The van der Waals surface area contributed by atoms with Crippen LogP contribution in [-0.4, -0.2) is 49.1 Å². The zero-order chi connectivity index (χ0) is 20.1. The van der Waals surface area contributed by atoms with Gasteiger partial charge in [-0.2, -0.15) is 4.68 Å². The van der Waals surface area contributed by atoms with Crippen molar-refractivity contribution >= 4 is 28.7 Å². The number of carboxylic acids is 2. The Morgan fingerprint density at radius 1 is 1.22 bits per heavy atom. The summed E-state index contributed by atoms with van der Waals surface area (Å²) in [6, 6.07) is 3.77. The Balaban J connectivity index is 2.45. The lowest BCUT2D eigenvalue weighted by molar-refractivity contribution is -0.147. The summed E-state index contributed by atoms with van der Waals surface area (Å²) in [4.78, 5) is 47.6. The number of carboxylic acid groups (broad SMARTS) is 2. The van der Waals surface area contributed by atoms with Crippen molar-refractivity contribution < 1.29 is 24.6 Å². The maximum absolute atomic E-state index is 12.8. The molecule has 0 saturated heterocycles. The molecule has 2 aromatic rings. The summed E-state index contributed by atoms with van der Waals surface area (Å²) in [7, 11) is 0. The number of rotatable bonds is 8. The van der Waals surface area contributed by atoms with E-state index in [4.69, 9.17) is 10.2 Å². The van der Waals surface area contributed by atoms with Crippen LogP contribution in [0, 0.1) is 5.92 Å². The minimum Gasteiger partial charge on any atom is -0.481 e. The van der Waals surface area contributed by atoms with Crippen molar-refractivity contribution in [2.24, 2.45) is 5.92 Å². The maximum Gasteiger partial charge on any atom is 0.326 e. The number of carbonyl (C=O) groups is 3. The first-order valence-electron chi connectivity index (χ1n) is 8.35. The molecule has 0 aliphatic heterocycles. The summed E-state index contributed by atoms with van der Waals surface area (Å²) < 4.78 is 0.922. The molecule has 10 nitrogen and oxygen atoms in total. The third-order valence-corrected chi connectivity index (χ3v) is 4.30. The van der Waals surface area contributed by atoms with Crippen LogP contribution in [0.4, 0.5) is 0 Å². The van der Waals surface area contributed by atoms with Gasteiger partial charge in [-0.05, 0) is 18.1 Å². The summed E-state index contributed by atoms with van der Waals surface area (Å²) >= 11 is 0. The molecule has 0 aliphatic carbocycles. The predicted molar refractivity (Wildman–Crippen MR) is 94.1 cm³/mol. The van der Waals surface area contributed by atoms with Gasteiger partial charge in [0.2, 0.25) is 5.91 Å². The van der Waals surface area contributed by atoms with Crippen molar-refractivity contribution in [3.63, 3.8) is 0 Å². The van der Waals surface area contributed by atoms with Crippen LogP contribution in [0.3, 0.4) is 0 Å². The van der Waals surface area contributed by atoms with Crippen LogP contribution >= 0.6 is 0 Å². The van der Waals surface area contributed by atoms with Gasteiger partial charge in [-0.3, -0.25) is 14.4 Å². The number of nitrogens with zero attached hydrogens (tertiary/aromatic N) is 3. The van der Waals surface area contributed by atoms with E-state index in [9.17, 15) is 19.2 Å². The molecule has 0 unspecified atom stereocenters. The van der Waals surface area contributed by atoms with Crippen LogP contribution in [0.1, 0.15) is 32.7 Å². The van der Waals surface area contributed by atoms with E-state index < -0.39 is 41.9 Å². The van der Waals surface area contributed by atoms with Crippen molar-refractivity contribution in [3.05, 3.63) is 34.6 Å². The highest BCUT2D eigenvalue weighted by Gasteiger charge is 2.32. The van der Waals surface area contributed by atoms with E-state index in [1.807, 2.05) is 0 Å². The normalized spacial score (nSPS) is 14.3. The van der Waals surface area contributed by atoms with Gasteiger partial charge in [0.05, 0.1) is 11.8 Å². The van der Waals surface area contributed by atoms with Gasteiger partial charge >= 0.3 is 11.9 Å². The van der Waals surface area contributed by atoms with Crippen LogP contribution in [0.25, 0.3) is 10.9 Å². The Morgan fingerprint density at radius 2 is 1.89 bits per heavy atom. The number of aromatic nitrogens is 3. The number of amides is 1. The lowest BCUT2D eigenvalue weighted by atomic mass is 9.98. The van der Waals surface area contributed by atoms with Gasteiger partial charge in [0.15, 0.2) is 0 Å². The molecule has 1 aromatic carbocycles. The van der Waals surface area contributed by atoms with Crippen molar-refractivity contribution in [2.75, 3.05) is 0 Å². The average molecular weight is 376 g/mol. The number of hydrogen-bond acceptors (Lipinski definition) is 6. The number of nitrogens with one attached hydrogen (secondary N) is 1. The number of carbonyl (C=O) groups excluding carboxylic acids is 1. The van der Waals surface area contributed by atoms with E-state index in [2.05, 4.69) is 15.6 Å². The third kappa shape index (κ3) is 4.46. The Bertz CT molecular complexity index is 925. The fourth-order valence-electron chi connectivity index (χ4n) is 2.65. The molecule has 27 heavy (non-hydrogen) atoms. The first kappa shape index (κ1) is 20.0. The maximum atomic E-state index is 12.8. The number of fused-ring (bicyclic) bond motifs is 1. The highest BCUT2D eigenvalue weighted by atomic mass is 16.4. The van der Waals surface area contributed by atoms with Gasteiger partial charge in [-0.1, -0.05) is 37.6 Å². The summed E-state index contributed by atoms with van der Waals surface area (Å²) in [5.41, 5.74) is -0.164. The fraction of sp³-hybridized carbons (Fsp3) is 0.412. The molecular formula is C17H20N4O6. The standard InChI is InChI=1S/C17H20N4O6/c1-3-9(2)14(15(24)18-12(17(26)27)8-13(22)23)21-16(25)10-6-4-5-7-11(10)19-20-21/h4-7,9,12,14H,3,8H2,1-2H3,(H,18,24)(H,22,23)(H,26,27)/t9-,12-,14-/m0/s1. The average Bonchev–Trinajstić information content (AvgIpc) is 2.62. The minimum absolute atomic E-state index is 0.272. The predicted octanol–water partition coefficient (Wildman–Crippen LogP) is 0.423. The molecule has 0 spiro atoms. The van der Waals surface area contributed by atoms with Gasteiger partial charge < -0.3 is 15.5 Å². The lowest BCUT2D eigenvalue weighted by Crippen LogP contribution is -2.48. The van der Waals surface area contributed by atoms with Crippen LogP contribution in [0.5, 0.6) is 0 Å². The van der Waals surface area contributed by atoms with E-state index >= 15 is 0 Å². The Hall–Kier alpha value is -3.30. The molecule has 3 atom stereocenters. The second-order valence-electron chi connectivity index (χ2n) is 6.18. The topological polar surface area (TPSA) is 151 Å². The summed E-state index contributed by atoms with van der Waals surface area (Å²) in [5, 5.41) is 28.2.